The molecule has 118 valence electrons. The van der Waals surface area contributed by atoms with Crippen molar-refractivity contribution < 1.29 is 13.9 Å². The second kappa shape index (κ2) is 7.16. The Morgan fingerprint density at radius 1 is 1.39 bits per heavy atom. The van der Waals surface area contributed by atoms with E-state index in [0.717, 1.165) is 9.77 Å². The van der Waals surface area contributed by atoms with Crippen LogP contribution in [-0.4, -0.2) is 22.4 Å². The first kappa shape index (κ1) is 16.0. The highest BCUT2D eigenvalue weighted by Gasteiger charge is 2.15. The average molecular weight is 367 g/mol. The third-order valence-corrected chi connectivity index (χ3v) is 4.83. The SMILES string of the molecule is CSc1ccc(Cl)c(C(=O)OCc2nnc(-c3cccs3)o2)c1. The normalized spacial score (nSPS) is 10.7. The summed E-state index contributed by atoms with van der Waals surface area (Å²) in [6.45, 7) is -0.100. The molecule has 0 bridgehead atoms. The summed E-state index contributed by atoms with van der Waals surface area (Å²) in [5.41, 5.74) is 0.316. The molecule has 3 rings (SSSR count). The van der Waals surface area contributed by atoms with Gasteiger partial charge in [-0.3, -0.25) is 0 Å². The Hall–Kier alpha value is -1.83. The predicted molar refractivity (Wildman–Crippen MR) is 90.0 cm³/mol. The van der Waals surface area contributed by atoms with Crippen molar-refractivity contribution in [1.82, 2.24) is 10.2 Å². The van der Waals surface area contributed by atoms with E-state index in [9.17, 15) is 4.79 Å². The Morgan fingerprint density at radius 3 is 3.00 bits per heavy atom. The molecule has 2 aromatic heterocycles. The number of benzene rings is 1. The van der Waals surface area contributed by atoms with E-state index in [4.69, 9.17) is 20.8 Å². The summed E-state index contributed by atoms with van der Waals surface area (Å²) in [5, 5.41) is 10.1. The van der Waals surface area contributed by atoms with Gasteiger partial charge >= 0.3 is 5.97 Å². The smallest absolute Gasteiger partial charge is 0.340 e. The van der Waals surface area contributed by atoms with Gasteiger partial charge in [-0.15, -0.1) is 33.3 Å². The van der Waals surface area contributed by atoms with Crippen LogP contribution in [-0.2, 0) is 11.3 Å². The number of aromatic nitrogens is 2. The zero-order chi connectivity index (χ0) is 16.2. The van der Waals surface area contributed by atoms with Gasteiger partial charge in [-0.05, 0) is 35.9 Å². The van der Waals surface area contributed by atoms with E-state index in [1.807, 2.05) is 29.8 Å². The van der Waals surface area contributed by atoms with E-state index in [-0.39, 0.29) is 12.5 Å². The molecule has 3 aromatic rings. The van der Waals surface area contributed by atoms with Crippen molar-refractivity contribution in [2.75, 3.05) is 6.26 Å². The molecular formula is C15H11ClN2O3S2. The van der Waals surface area contributed by atoms with Gasteiger partial charge in [0.15, 0.2) is 6.61 Å². The van der Waals surface area contributed by atoms with Crippen LogP contribution in [0.1, 0.15) is 16.2 Å². The van der Waals surface area contributed by atoms with Gasteiger partial charge in [0.1, 0.15) is 0 Å². The summed E-state index contributed by atoms with van der Waals surface area (Å²) < 4.78 is 10.7. The van der Waals surface area contributed by atoms with Crippen LogP contribution in [0.5, 0.6) is 0 Å². The minimum Gasteiger partial charge on any atom is -0.452 e. The fraction of sp³-hybridized carbons (Fsp3) is 0.133. The molecule has 0 aliphatic rings. The fourth-order valence-corrected chi connectivity index (χ4v) is 3.08. The highest BCUT2D eigenvalue weighted by Crippen LogP contribution is 2.25. The molecular weight excluding hydrogens is 356 g/mol. The largest absolute Gasteiger partial charge is 0.452 e. The lowest BCUT2D eigenvalue weighted by Gasteiger charge is -2.05. The molecule has 0 aliphatic carbocycles. The van der Waals surface area contributed by atoms with Crippen LogP contribution in [0.15, 0.2) is 45.0 Å². The lowest BCUT2D eigenvalue weighted by Crippen LogP contribution is -2.06. The molecule has 0 atom stereocenters. The number of thioether (sulfide) groups is 1. The molecule has 2 heterocycles. The van der Waals surface area contributed by atoms with E-state index in [0.29, 0.717) is 16.5 Å². The Morgan fingerprint density at radius 2 is 2.26 bits per heavy atom. The van der Waals surface area contributed by atoms with Crippen LogP contribution < -0.4 is 0 Å². The summed E-state index contributed by atoms with van der Waals surface area (Å²) in [5.74, 6) is 0.120. The lowest BCUT2D eigenvalue weighted by molar-refractivity contribution is 0.0438. The highest BCUT2D eigenvalue weighted by atomic mass is 35.5. The fourth-order valence-electron chi connectivity index (χ4n) is 1.80. The van der Waals surface area contributed by atoms with Crippen molar-refractivity contribution >= 4 is 40.7 Å². The number of halogens is 1. The summed E-state index contributed by atoms with van der Waals surface area (Å²) >= 11 is 9.05. The number of carbonyl (C=O) groups is 1. The zero-order valence-electron chi connectivity index (χ0n) is 12.0. The molecule has 0 fully saturated rings. The van der Waals surface area contributed by atoms with Crippen LogP contribution in [0, 0.1) is 0 Å². The first-order valence-electron chi connectivity index (χ1n) is 6.54. The van der Waals surface area contributed by atoms with Crippen LogP contribution in [0.4, 0.5) is 0 Å². The van der Waals surface area contributed by atoms with Crippen molar-refractivity contribution in [2.45, 2.75) is 11.5 Å². The van der Waals surface area contributed by atoms with Gasteiger partial charge in [0.05, 0.1) is 15.5 Å². The number of carbonyl (C=O) groups excluding carboxylic acids is 1. The van der Waals surface area contributed by atoms with Crippen LogP contribution in [0.25, 0.3) is 10.8 Å². The Balaban J connectivity index is 1.67. The van der Waals surface area contributed by atoms with Gasteiger partial charge in [-0.2, -0.15) is 0 Å². The maximum Gasteiger partial charge on any atom is 0.340 e. The maximum absolute atomic E-state index is 12.1. The molecule has 0 saturated heterocycles. The lowest BCUT2D eigenvalue weighted by atomic mass is 10.2. The van der Waals surface area contributed by atoms with Crippen molar-refractivity contribution in [3.05, 3.63) is 52.2 Å². The molecule has 0 radical (unpaired) electrons. The number of hydrogen-bond donors (Lipinski definition) is 0. The molecule has 0 unspecified atom stereocenters. The van der Waals surface area contributed by atoms with Gasteiger partial charge in [0.25, 0.3) is 11.8 Å². The number of rotatable bonds is 5. The molecule has 0 spiro atoms. The minimum absolute atomic E-state index is 0.100. The van der Waals surface area contributed by atoms with Crippen LogP contribution in [0.2, 0.25) is 5.02 Å². The van der Waals surface area contributed by atoms with E-state index in [1.54, 1.807) is 12.1 Å². The van der Waals surface area contributed by atoms with E-state index < -0.39 is 5.97 Å². The second-order valence-corrected chi connectivity index (χ2v) is 6.63. The van der Waals surface area contributed by atoms with E-state index in [1.165, 1.54) is 23.1 Å². The van der Waals surface area contributed by atoms with Crippen molar-refractivity contribution in [3.63, 3.8) is 0 Å². The minimum atomic E-state index is -0.526. The van der Waals surface area contributed by atoms with Crippen LogP contribution in [0.3, 0.4) is 0 Å². The number of ether oxygens (including phenoxy) is 1. The van der Waals surface area contributed by atoms with Gasteiger partial charge in [-0.1, -0.05) is 17.7 Å². The Bertz CT molecular complexity index is 818. The second-order valence-electron chi connectivity index (χ2n) is 4.40. The topological polar surface area (TPSA) is 65.2 Å². The first-order chi connectivity index (χ1) is 11.2. The number of hydrogen-bond acceptors (Lipinski definition) is 7. The molecule has 5 nitrogen and oxygen atoms in total. The Kier molecular flexibility index (Phi) is 5.00. The molecule has 0 saturated carbocycles. The average Bonchev–Trinajstić information content (AvgIpc) is 3.24. The molecule has 0 aliphatic heterocycles. The van der Waals surface area contributed by atoms with Gasteiger partial charge < -0.3 is 9.15 Å². The highest BCUT2D eigenvalue weighted by molar-refractivity contribution is 7.98. The number of esters is 1. The Labute approximate surface area is 145 Å². The van der Waals surface area contributed by atoms with Crippen LogP contribution >= 0.6 is 34.7 Å². The predicted octanol–water partition coefficient (Wildman–Crippen LogP) is 4.53. The molecule has 23 heavy (non-hydrogen) atoms. The summed E-state index contributed by atoms with van der Waals surface area (Å²) in [4.78, 5) is 13.9. The zero-order valence-corrected chi connectivity index (χ0v) is 14.4. The van der Waals surface area contributed by atoms with E-state index in [2.05, 4.69) is 10.2 Å². The summed E-state index contributed by atoms with van der Waals surface area (Å²) in [6.07, 6.45) is 1.92. The van der Waals surface area contributed by atoms with Gasteiger partial charge in [-0.25, -0.2) is 4.79 Å². The van der Waals surface area contributed by atoms with Gasteiger partial charge in [0.2, 0.25) is 0 Å². The van der Waals surface area contributed by atoms with Crippen molar-refractivity contribution in [2.24, 2.45) is 0 Å². The van der Waals surface area contributed by atoms with Crippen molar-refractivity contribution in [1.29, 1.82) is 0 Å². The summed E-state index contributed by atoms with van der Waals surface area (Å²) in [6, 6.07) is 8.98. The number of thiophene rings is 1. The van der Waals surface area contributed by atoms with E-state index >= 15 is 0 Å². The van der Waals surface area contributed by atoms with Gasteiger partial charge in [0, 0.05) is 4.90 Å². The molecule has 0 N–H and O–H groups in total. The monoisotopic (exact) mass is 366 g/mol. The number of nitrogens with zero attached hydrogens (tertiary/aromatic N) is 2. The molecule has 0 amide bonds. The molecule has 1 aromatic carbocycles. The third kappa shape index (κ3) is 3.74. The maximum atomic E-state index is 12.1. The summed E-state index contributed by atoms with van der Waals surface area (Å²) in [7, 11) is 0. The standard InChI is InChI=1S/C15H11ClN2O3S2/c1-22-9-4-5-11(16)10(7-9)15(19)20-8-13-17-18-14(21-13)12-3-2-6-23-12/h2-7H,8H2,1H3. The third-order valence-electron chi connectivity index (χ3n) is 2.92. The van der Waals surface area contributed by atoms with Crippen molar-refractivity contribution in [3.8, 4) is 10.8 Å². The molecule has 8 heteroatoms. The first-order valence-corrected chi connectivity index (χ1v) is 9.02. The quantitative estimate of drug-likeness (QED) is 0.488.